The smallest absolute Gasteiger partial charge is 0.0580 e. The van der Waals surface area contributed by atoms with Crippen molar-refractivity contribution < 1.29 is 5.11 Å². The summed E-state index contributed by atoms with van der Waals surface area (Å²) in [5.41, 5.74) is 0. The lowest BCUT2D eigenvalue weighted by Gasteiger charge is -2.37. The Morgan fingerprint density at radius 1 is 1.00 bits per heavy atom. The van der Waals surface area contributed by atoms with E-state index in [4.69, 9.17) is 0 Å². The van der Waals surface area contributed by atoms with Crippen molar-refractivity contribution >= 4 is 0 Å². The van der Waals surface area contributed by atoms with E-state index in [9.17, 15) is 5.11 Å². The van der Waals surface area contributed by atoms with Gasteiger partial charge >= 0.3 is 0 Å². The fraction of sp³-hybridized carbons (Fsp3) is 1.00. The third-order valence-corrected chi connectivity index (χ3v) is 5.67. The van der Waals surface area contributed by atoms with Gasteiger partial charge in [-0.25, -0.2) is 0 Å². The number of hydrogen-bond acceptors (Lipinski definition) is 2. The molecule has 4 unspecified atom stereocenters. The highest BCUT2D eigenvalue weighted by molar-refractivity contribution is 4.86. The van der Waals surface area contributed by atoms with Gasteiger partial charge in [0.1, 0.15) is 0 Å². The number of aliphatic hydroxyl groups excluding tert-OH is 1. The SMILES string of the molecule is CC(C)C1CCC(O)C(CN2CCC(C(C)C)C2)C1. The third-order valence-electron chi connectivity index (χ3n) is 5.67. The molecule has 0 aromatic rings. The van der Waals surface area contributed by atoms with Gasteiger partial charge in [0.2, 0.25) is 0 Å². The Kier molecular flexibility index (Phi) is 5.30. The van der Waals surface area contributed by atoms with Crippen molar-refractivity contribution in [3.8, 4) is 0 Å². The predicted octanol–water partition coefficient (Wildman–Crippen LogP) is 3.40. The summed E-state index contributed by atoms with van der Waals surface area (Å²) in [6.07, 6.45) is 4.79. The number of rotatable bonds is 4. The molecule has 2 aliphatic rings. The van der Waals surface area contributed by atoms with Crippen molar-refractivity contribution in [2.45, 2.75) is 59.5 Å². The van der Waals surface area contributed by atoms with Gasteiger partial charge in [-0.15, -0.1) is 0 Å². The first-order valence-corrected chi connectivity index (χ1v) is 8.37. The lowest BCUT2D eigenvalue weighted by atomic mass is 9.74. The lowest BCUT2D eigenvalue weighted by Crippen LogP contribution is -2.39. The molecule has 2 rings (SSSR count). The molecule has 1 aliphatic carbocycles. The Morgan fingerprint density at radius 3 is 2.26 bits per heavy atom. The number of nitrogens with zero attached hydrogens (tertiary/aromatic N) is 1. The molecule has 1 aliphatic heterocycles. The maximum Gasteiger partial charge on any atom is 0.0580 e. The Balaban J connectivity index is 1.84. The summed E-state index contributed by atoms with van der Waals surface area (Å²) >= 11 is 0. The average Bonchev–Trinajstić information content (AvgIpc) is 2.80. The van der Waals surface area contributed by atoms with Gasteiger partial charge in [0.15, 0.2) is 0 Å². The fourth-order valence-electron chi connectivity index (χ4n) is 3.99. The van der Waals surface area contributed by atoms with E-state index in [0.29, 0.717) is 5.92 Å². The zero-order chi connectivity index (χ0) is 14.0. The highest BCUT2D eigenvalue weighted by Crippen LogP contribution is 2.35. The Bertz CT molecular complexity index is 276. The van der Waals surface area contributed by atoms with Gasteiger partial charge in [-0.3, -0.25) is 0 Å². The van der Waals surface area contributed by atoms with Gasteiger partial charge in [0, 0.05) is 13.1 Å². The summed E-state index contributed by atoms with van der Waals surface area (Å²) in [4.78, 5) is 2.61. The van der Waals surface area contributed by atoms with Crippen molar-refractivity contribution in [3.63, 3.8) is 0 Å². The van der Waals surface area contributed by atoms with E-state index >= 15 is 0 Å². The minimum atomic E-state index is -0.0481. The van der Waals surface area contributed by atoms with Crippen LogP contribution in [-0.4, -0.2) is 35.7 Å². The zero-order valence-corrected chi connectivity index (χ0v) is 13.3. The van der Waals surface area contributed by atoms with Gasteiger partial charge in [-0.1, -0.05) is 27.7 Å². The fourth-order valence-corrected chi connectivity index (χ4v) is 3.99. The summed E-state index contributed by atoms with van der Waals surface area (Å²) in [6.45, 7) is 13.0. The highest BCUT2D eigenvalue weighted by Gasteiger charge is 2.33. The van der Waals surface area contributed by atoms with E-state index in [0.717, 1.165) is 36.6 Å². The van der Waals surface area contributed by atoms with Crippen LogP contribution in [0.15, 0.2) is 0 Å². The zero-order valence-electron chi connectivity index (χ0n) is 13.3. The molecule has 4 atom stereocenters. The Labute approximate surface area is 119 Å². The average molecular weight is 267 g/mol. The van der Waals surface area contributed by atoms with E-state index in [1.54, 1.807) is 0 Å². The second-order valence-corrected chi connectivity index (χ2v) is 7.70. The first kappa shape index (κ1) is 15.3. The molecule has 0 radical (unpaired) electrons. The van der Waals surface area contributed by atoms with Crippen LogP contribution in [0.3, 0.4) is 0 Å². The Hall–Kier alpha value is -0.0800. The molecule has 1 saturated heterocycles. The van der Waals surface area contributed by atoms with Gasteiger partial charge < -0.3 is 10.0 Å². The van der Waals surface area contributed by atoms with Crippen LogP contribution in [0, 0.1) is 29.6 Å². The molecule has 2 nitrogen and oxygen atoms in total. The molecule has 0 aromatic heterocycles. The molecule has 0 bridgehead atoms. The molecular formula is C17H33NO. The molecule has 112 valence electrons. The minimum Gasteiger partial charge on any atom is -0.393 e. The van der Waals surface area contributed by atoms with Crippen LogP contribution < -0.4 is 0 Å². The quantitative estimate of drug-likeness (QED) is 0.844. The summed E-state index contributed by atoms with van der Waals surface area (Å²) in [6, 6.07) is 0. The largest absolute Gasteiger partial charge is 0.393 e. The summed E-state index contributed by atoms with van der Waals surface area (Å²) < 4.78 is 0. The van der Waals surface area contributed by atoms with Crippen molar-refractivity contribution in [1.82, 2.24) is 4.90 Å². The van der Waals surface area contributed by atoms with E-state index in [1.165, 1.54) is 32.4 Å². The van der Waals surface area contributed by atoms with Crippen LogP contribution >= 0.6 is 0 Å². The van der Waals surface area contributed by atoms with Gasteiger partial charge in [0.25, 0.3) is 0 Å². The van der Waals surface area contributed by atoms with Crippen molar-refractivity contribution in [2.75, 3.05) is 19.6 Å². The molecule has 1 saturated carbocycles. The second-order valence-electron chi connectivity index (χ2n) is 7.70. The molecule has 1 N–H and O–H groups in total. The van der Waals surface area contributed by atoms with Crippen molar-refractivity contribution in [2.24, 2.45) is 29.6 Å². The highest BCUT2D eigenvalue weighted by atomic mass is 16.3. The molecule has 1 heterocycles. The maximum absolute atomic E-state index is 10.3. The number of hydrogen-bond donors (Lipinski definition) is 1. The molecule has 19 heavy (non-hydrogen) atoms. The van der Waals surface area contributed by atoms with Gasteiger partial charge in [-0.2, -0.15) is 0 Å². The third kappa shape index (κ3) is 3.95. The predicted molar refractivity (Wildman–Crippen MR) is 81.1 cm³/mol. The molecule has 0 spiro atoms. The van der Waals surface area contributed by atoms with E-state index in [-0.39, 0.29) is 6.10 Å². The molecular weight excluding hydrogens is 234 g/mol. The second kappa shape index (κ2) is 6.58. The van der Waals surface area contributed by atoms with E-state index < -0.39 is 0 Å². The summed E-state index contributed by atoms with van der Waals surface area (Å²) in [5, 5.41) is 10.3. The van der Waals surface area contributed by atoms with Crippen LogP contribution in [0.1, 0.15) is 53.4 Å². The lowest BCUT2D eigenvalue weighted by molar-refractivity contribution is 0.0213. The van der Waals surface area contributed by atoms with E-state index in [2.05, 4.69) is 32.6 Å². The number of aliphatic hydroxyl groups is 1. The van der Waals surface area contributed by atoms with E-state index in [1.807, 2.05) is 0 Å². The topological polar surface area (TPSA) is 23.5 Å². The van der Waals surface area contributed by atoms with Crippen LogP contribution in [0.4, 0.5) is 0 Å². The monoisotopic (exact) mass is 267 g/mol. The first-order valence-electron chi connectivity index (χ1n) is 8.37. The number of likely N-dealkylation sites (tertiary alicyclic amines) is 1. The molecule has 2 fully saturated rings. The summed E-state index contributed by atoms with van der Waals surface area (Å²) in [7, 11) is 0. The Morgan fingerprint density at radius 2 is 1.68 bits per heavy atom. The van der Waals surface area contributed by atoms with Gasteiger partial charge in [-0.05, 0) is 61.8 Å². The van der Waals surface area contributed by atoms with Crippen molar-refractivity contribution in [3.05, 3.63) is 0 Å². The normalized spacial score (nSPS) is 37.4. The molecule has 2 heteroatoms. The van der Waals surface area contributed by atoms with Gasteiger partial charge in [0.05, 0.1) is 6.10 Å². The van der Waals surface area contributed by atoms with Crippen LogP contribution in [0.2, 0.25) is 0 Å². The standard InChI is InChI=1S/C17H33NO/c1-12(2)14-5-6-17(19)16(9-14)11-18-8-7-15(10-18)13(3)4/h12-17,19H,5-11H2,1-4H3. The van der Waals surface area contributed by atoms with Crippen molar-refractivity contribution in [1.29, 1.82) is 0 Å². The molecule has 0 amide bonds. The maximum atomic E-state index is 10.3. The summed E-state index contributed by atoms with van der Waals surface area (Å²) in [5.74, 6) is 3.81. The van der Waals surface area contributed by atoms with Crippen LogP contribution in [0.25, 0.3) is 0 Å². The molecule has 0 aromatic carbocycles. The van der Waals surface area contributed by atoms with Crippen LogP contribution in [-0.2, 0) is 0 Å². The first-order chi connectivity index (χ1) is 8.97. The minimum absolute atomic E-state index is 0.0481. The van der Waals surface area contributed by atoms with Crippen LogP contribution in [0.5, 0.6) is 0 Å².